The largest absolute Gasteiger partial charge is 0.347 e. The van der Waals surface area contributed by atoms with E-state index in [2.05, 4.69) is 33.2 Å². The van der Waals surface area contributed by atoms with Crippen LogP contribution in [0.3, 0.4) is 0 Å². The van der Waals surface area contributed by atoms with Crippen molar-refractivity contribution in [2.75, 3.05) is 19.6 Å². The van der Waals surface area contributed by atoms with Crippen molar-refractivity contribution in [2.45, 2.75) is 26.2 Å². The van der Waals surface area contributed by atoms with Gasteiger partial charge in [-0.3, -0.25) is 4.79 Å². The van der Waals surface area contributed by atoms with Crippen molar-refractivity contribution in [2.24, 2.45) is 0 Å². The lowest BCUT2D eigenvalue weighted by molar-refractivity contribution is 0.0959. The van der Waals surface area contributed by atoms with E-state index in [0.29, 0.717) is 11.4 Å². The summed E-state index contributed by atoms with van der Waals surface area (Å²) in [5.41, 5.74) is 2.11. The number of nitrogens with one attached hydrogen (secondary N) is 2. The Bertz CT molecular complexity index is 441. The highest BCUT2D eigenvalue weighted by Gasteiger charge is 2.15. The molecule has 0 saturated carbocycles. The number of amides is 1. The standard InChI is InChI=1S/C12H18N4OS/c1-2-3-10-11(18-16-15-10)12(17)14-8-9-4-6-13-7-5-9/h4,13H,2-3,5-8H2,1H3,(H,14,17). The van der Waals surface area contributed by atoms with E-state index in [1.807, 2.05) is 0 Å². The Morgan fingerprint density at radius 1 is 1.61 bits per heavy atom. The summed E-state index contributed by atoms with van der Waals surface area (Å²) in [5.74, 6) is -0.0483. The second kappa shape index (κ2) is 6.61. The van der Waals surface area contributed by atoms with Crippen LogP contribution in [0.25, 0.3) is 0 Å². The van der Waals surface area contributed by atoms with Crippen LogP contribution in [-0.4, -0.2) is 35.1 Å². The molecule has 0 aromatic carbocycles. The molecular formula is C12H18N4OS. The first-order valence-corrected chi connectivity index (χ1v) is 7.06. The van der Waals surface area contributed by atoms with Gasteiger partial charge in [0.15, 0.2) is 0 Å². The predicted octanol–water partition coefficient (Wildman–Crippen LogP) is 1.14. The number of hydrogen-bond acceptors (Lipinski definition) is 5. The topological polar surface area (TPSA) is 66.9 Å². The van der Waals surface area contributed by atoms with Crippen molar-refractivity contribution in [3.8, 4) is 0 Å². The van der Waals surface area contributed by atoms with Gasteiger partial charge in [-0.05, 0) is 30.9 Å². The number of carbonyl (C=O) groups excluding carboxylic acids is 1. The molecular weight excluding hydrogens is 248 g/mol. The fourth-order valence-corrected chi connectivity index (χ4v) is 2.51. The molecule has 0 saturated heterocycles. The van der Waals surface area contributed by atoms with Crippen molar-refractivity contribution in [1.82, 2.24) is 20.2 Å². The molecule has 2 heterocycles. The summed E-state index contributed by atoms with van der Waals surface area (Å²) in [7, 11) is 0. The number of rotatable bonds is 5. The molecule has 5 nitrogen and oxygen atoms in total. The minimum atomic E-state index is -0.0483. The van der Waals surface area contributed by atoms with Crippen LogP contribution in [-0.2, 0) is 6.42 Å². The summed E-state index contributed by atoms with van der Waals surface area (Å²) in [5, 5.41) is 10.2. The van der Waals surface area contributed by atoms with Crippen molar-refractivity contribution >= 4 is 17.4 Å². The second-order valence-electron chi connectivity index (χ2n) is 4.30. The zero-order valence-corrected chi connectivity index (χ0v) is 11.3. The SMILES string of the molecule is CCCc1nnsc1C(=O)NCC1=CCNCC1. The lowest BCUT2D eigenvalue weighted by atomic mass is 10.1. The summed E-state index contributed by atoms with van der Waals surface area (Å²) in [6, 6.07) is 0. The van der Waals surface area contributed by atoms with Crippen LogP contribution < -0.4 is 10.6 Å². The third-order valence-electron chi connectivity index (χ3n) is 2.88. The van der Waals surface area contributed by atoms with Crippen LogP contribution in [0, 0.1) is 0 Å². The van der Waals surface area contributed by atoms with Gasteiger partial charge in [0.25, 0.3) is 5.91 Å². The molecule has 1 aliphatic rings. The van der Waals surface area contributed by atoms with Crippen molar-refractivity contribution in [3.63, 3.8) is 0 Å². The van der Waals surface area contributed by atoms with Crippen LogP contribution in [0.1, 0.15) is 35.1 Å². The fourth-order valence-electron chi connectivity index (χ4n) is 1.89. The van der Waals surface area contributed by atoms with Gasteiger partial charge in [-0.1, -0.05) is 29.5 Å². The molecule has 0 atom stereocenters. The third kappa shape index (κ3) is 3.36. The Kier molecular flexibility index (Phi) is 4.83. The highest BCUT2D eigenvalue weighted by atomic mass is 32.1. The van der Waals surface area contributed by atoms with E-state index in [0.717, 1.165) is 38.0 Å². The second-order valence-corrected chi connectivity index (χ2v) is 5.05. The zero-order valence-electron chi connectivity index (χ0n) is 10.5. The van der Waals surface area contributed by atoms with Gasteiger partial charge < -0.3 is 10.6 Å². The van der Waals surface area contributed by atoms with E-state index in [-0.39, 0.29) is 5.91 Å². The first kappa shape index (κ1) is 13.2. The Morgan fingerprint density at radius 2 is 2.50 bits per heavy atom. The maximum absolute atomic E-state index is 12.0. The van der Waals surface area contributed by atoms with Gasteiger partial charge in [0.2, 0.25) is 0 Å². The molecule has 1 aromatic rings. The van der Waals surface area contributed by atoms with Gasteiger partial charge in [0.05, 0.1) is 5.69 Å². The molecule has 2 N–H and O–H groups in total. The number of hydrogen-bond donors (Lipinski definition) is 2. The van der Waals surface area contributed by atoms with E-state index in [4.69, 9.17) is 0 Å². The average Bonchev–Trinajstić information content (AvgIpc) is 2.86. The highest BCUT2D eigenvalue weighted by Crippen LogP contribution is 2.12. The van der Waals surface area contributed by atoms with Crippen LogP contribution >= 0.6 is 11.5 Å². The fraction of sp³-hybridized carbons (Fsp3) is 0.583. The molecule has 6 heteroatoms. The van der Waals surface area contributed by atoms with Gasteiger partial charge in [-0.2, -0.15) is 0 Å². The Labute approximate surface area is 111 Å². The van der Waals surface area contributed by atoms with E-state index in [1.165, 1.54) is 17.1 Å². The predicted molar refractivity (Wildman–Crippen MR) is 71.8 cm³/mol. The summed E-state index contributed by atoms with van der Waals surface area (Å²) < 4.78 is 3.86. The van der Waals surface area contributed by atoms with Gasteiger partial charge in [-0.25, -0.2) is 0 Å². The molecule has 0 unspecified atom stereocenters. The number of aromatic nitrogens is 2. The molecule has 1 aliphatic heterocycles. The van der Waals surface area contributed by atoms with Crippen LogP contribution in [0.2, 0.25) is 0 Å². The normalized spacial score (nSPS) is 15.3. The summed E-state index contributed by atoms with van der Waals surface area (Å²) in [6.45, 7) is 4.59. The van der Waals surface area contributed by atoms with E-state index in [1.54, 1.807) is 0 Å². The Hall–Kier alpha value is -1.27. The molecule has 2 rings (SSSR count). The first-order valence-electron chi connectivity index (χ1n) is 6.29. The van der Waals surface area contributed by atoms with Gasteiger partial charge >= 0.3 is 0 Å². The monoisotopic (exact) mass is 266 g/mol. The average molecular weight is 266 g/mol. The van der Waals surface area contributed by atoms with Crippen LogP contribution in [0.5, 0.6) is 0 Å². The highest BCUT2D eigenvalue weighted by molar-refractivity contribution is 7.08. The Morgan fingerprint density at radius 3 is 3.22 bits per heavy atom. The van der Waals surface area contributed by atoms with Crippen LogP contribution in [0.4, 0.5) is 0 Å². The molecule has 0 spiro atoms. The third-order valence-corrected chi connectivity index (χ3v) is 3.65. The van der Waals surface area contributed by atoms with Crippen molar-refractivity contribution in [3.05, 3.63) is 22.2 Å². The lowest BCUT2D eigenvalue weighted by Crippen LogP contribution is -2.29. The zero-order chi connectivity index (χ0) is 12.8. The minimum absolute atomic E-state index is 0.0483. The van der Waals surface area contributed by atoms with E-state index in [9.17, 15) is 4.79 Å². The summed E-state index contributed by atoms with van der Waals surface area (Å²) in [4.78, 5) is 12.7. The molecule has 18 heavy (non-hydrogen) atoms. The quantitative estimate of drug-likeness (QED) is 0.784. The molecule has 0 radical (unpaired) electrons. The first-order chi connectivity index (χ1) is 8.81. The summed E-state index contributed by atoms with van der Waals surface area (Å²) in [6.07, 6.45) is 4.93. The molecule has 1 amide bonds. The molecule has 0 aliphatic carbocycles. The van der Waals surface area contributed by atoms with E-state index < -0.39 is 0 Å². The Balaban J connectivity index is 1.90. The van der Waals surface area contributed by atoms with Crippen molar-refractivity contribution in [1.29, 1.82) is 0 Å². The summed E-state index contributed by atoms with van der Waals surface area (Å²) >= 11 is 1.18. The number of aryl methyl sites for hydroxylation is 1. The smallest absolute Gasteiger partial charge is 0.265 e. The van der Waals surface area contributed by atoms with Crippen LogP contribution in [0.15, 0.2) is 11.6 Å². The minimum Gasteiger partial charge on any atom is -0.347 e. The lowest BCUT2D eigenvalue weighted by Gasteiger charge is -2.14. The van der Waals surface area contributed by atoms with E-state index >= 15 is 0 Å². The maximum atomic E-state index is 12.0. The molecule has 0 fully saturated rings. The molecule has 0 bridgehead atoms. The van der Waals surface area contributed by atoms with Gasteiger partial charge in [0, 0.05) is 13.1 Å². The maximum Gasteiger partial charge on any atom is 0.265 e. The number of nitrogens with zero attached hydrogens (tertiary/aromatic N) is 2. The number of carbonyl (C=O) groups is 1. The molecule has 1 aromatic heterocycles. The van der Waals surface area contributed by atoms with Gasteiger partial charge in [0.1, 0.15) is 4.88 Å². The van der Waals surface area contributed by atoms with Crippen molar-refractivity contribution < 1.29 is 4.79 Å². The molecule has 98 valence electrons. The van der Waals surface area contributed by atoms with Gasteiger partial charge in [-0.15, -0.1) is 5.10 Å².